The Labute approximate surface area is 171 Å². The lowest BCUT2D eigenvalue weighted by molar-refractivity contribution is 0.0600. The summed E-state index contributed by atoms with van der Waals surface area (Å²) in [5.41, 5.74) is 3.14. The molecular weight excluding hydrogens is 387 g/mol. The lowest BCUT2D eigenvalue weighted by Gasteiger charge is -2.09. The van der Waals surface area contributed by atoms with E-state index in [-0.39, 0.29) is 11.8 Å². The number of hydrogen-bond donors (Lipinski definition) is 0. The van der Waals surface area contributed by atoms with Crippen LogP contribution < -0.4 is 0 Å². The summed E-state index contributed by atoms with van der Waals surface area (Å²) >= 11 is 1.58. The molecule has 0 spiro atoms. The molecule has 0 radical (unpaired) electrons. The Morgan fingerprint density at radius 2 is 1.62 bits per heavy atom. The van der Waals surface area contributed by atoms with Gasteiger partial charge in [-0.2, -0.15) is 0 Å². The van der Waals surface area contributed by atoms with Crippen molar-refractivity contribution < 1.29 is 13.9 Å². The standard InChI is InChI=1S/C23H17FN2O2S/c1-28-23(27)17-8-6-15(7-9-17)14-29-22-20-5-3-2-4-19(20)21(25-26-22)16-10-12-18(24)13-11-16/h2-13H,14H2,1H3. The quantitative estimate of drug-likeness (QED) is 0.324. The molecule has 1 aromatic heterocycles. The topological polar surface area (TPSA) is 52.1 Å². The van der Waals surface area contributed by atoms with E-state index in [1.807, 2.05) is 36.4 Å². The van der Waals surface area contributed by atoms with Gasteiger partial charge in [-0.3, -0.25) is 0 Å². The van der Waals surface area contributed by atoms with Crippen molar-refractivity contribution in [3.63, 3.8) is 0 Å². The monoisotopic (exact) mass is 404 g/mol. The van der Waals surface area contributed by atoms with Crippen LogP contribution in [0.3, 0.4) is 0 Å². The predicted molar refractivity (Wildman–Crippen MR) is 112 cm³/mol. The maximum absolute atomic E-state index is 13.3. The highest BCUT2D eigenvalue weighted by Gasteiger charge is 2.12. The van der Waals surface area contributed by atoms with Crippen LogP contribution in [-0.2, 0) is 10.5 Å². The van der Waals surface area contributed by atoms with E-state index in [4.69, 9.17) is 4.74 Å². The molecule has 0 aliphatic rings. The number of benzene rings is 3. The van der Waals surface area contributed by atoms with Crippen LogP contribution in [-0.4, -0.2) is 23.3 Å². The van der Waals surface area contributed by atoms with Crippen molar-refractivity contribution in [2.75, 3.05) is 7.11 Å². The zero-order valence-electron chi connectivity index (χ0n) is 15.6. The molecule has 0 atom stereocenters. The SMILES string of the molecule is COC(=O)c1ccc(CSc2nnc(-c3ccc(F)cc3)c3ccccc23)cc1. The number of fused-ring (bicyclic) bond motifs is 1. The molecule has 4 rings (SSSR count). The van der Waals surface area contributed by atoms with E-state index < -0.39 is 0 Å². The van der Waals surface area contributed by atoms with Gasteiger partial charge >= 0.3 is 5.97 Å². The number of esters is 1. The number of nitrogens with zero attached hydrogens (tertiary/aromatic N) is 2. The Morgan fingerprint density at radius 3 is 2.31 bits per heavy atom. The highest BCUT2D eigenvalue weighted by Crippen LogP contribution is 2.33. The van der Waals surface area contributed by atoms with Crippen LogP contribution in [0.2, 0.25) is 0 Å². The van der Waals surface area contributed by atoms with Gasteiger partial charge in [0.15, 0.2) is 0 Å². The molecule has 0 saturated carbocycles. The summed E-state index contributed by atoms with van der Waals surface area (Å²) in [4.78, 5) is 11.6. The van der Waals surface area contributed by atoms with Crippen molar-refractivity contribution >= 4 is 28.5 Å². The molecule has 0 aliphatic carbocycles. The lowest BCUT2D eigenvalue weighted by atomic mass is 10.1. The van der Waals surface area contributed by atoms with E-state index in [0.29, 0.717) is 11.3 Å². The minimum absolute atomic E-state index is 0.281. The summed E-state index contributed by atoms with van der Waals surface area (Å²) in [6, 6.07) is 21.5. The summed E-state index contributed by atoms with van der Waals surface area (Å²) in [6.07, 6.45) is 0. The van der Waals surface area contributed by atoms with Gasteiger partial charge in [0.25, 0.3) is 0 Å². The number of thioether (sulfide) groups is 1. The van der Waals surface area contributed by atoms with E-state index in [2.05, 4.69) is 10.2 Å². The van der Waals surface area contributed by atoms with Crippen molar-refractivity contribution in [1.82, 2.24) is 10.2 Å². The number of hydrogen-bond acceptors (Lipinski definition) is 5. The molecular formula is C23H17FN2O2S. The number of carbonyl (C=O) groups excluding carboxylic acids is 1. The van der Waals surface area contributed by atoms with Crippen LogP contribution in [0.15, 0.2) is 77.8 Å². The number of methoxy groups -OCH3 is 1. The second-order valence-electron chi connectivity index (χ2n) is 6.38. The van der Waals surface area contributed by atoms with Gasteiger partial charge in [-0.1, -0.05) is 48.2 Å². The second kappa shape index (κ2) is 8.41. The predicted octanol–water partition coefficient (Wildman–Crippen LogP) is 5.51. The number of rotatable bonds is 5. The highest BCUT2D eigenvalue weighted by molar-refractivity contribution is 7.98. The lowest BCUT2D eigenvalue weighted by Crippen LogP contribution is -2.00. The fourth-order valence-electron chi connectivity index (χ4n) is 3.01. The van der Waals surface area contributed by atoms with Gasteiger partial charge < -0.3 is 4.74 Å². The molecule has 6 heteroatoms. The Hall–Kier alpha value is -3.25. The minimum Gasteiger partial charge on any atom is -0.465 e. The Kier molecular flexibility index (Phi) is 5.53. The molecule has 29 heavy (non-hydrogen) atoms. The van der Waals surface area contributed by atoms with Gasteiger partial charge in [0, 0.05) is 22.1 Å². The third kappa shape index (κ3) is 4.12. The Morgan fingerprint density at radius 1 is 0.931 bits per heavy atom. The second-order valence-corrected chi connectivity index (χ2v) is 7.35. The van der Waals surface area contributed by atoms with Gasteiger partial charge in [0.2, 0.25) is 0 Å². The van der Waals surface area contributed by atoms with Gasteiger partial charge in [-0.05, 0) is 42.0 Å². The molecule has 0 aliphatic heterocycles. The first-order chi connectivity index (χ1) is 14.2. The number of carbonyl (C=O) groups is 1. The normalized spacial score (nSPS) is 10.8. The molecule has 0 saturated heterocycles. The first-order valence-electron chi connectivity index (χ1n) is 8.97. The molecule has 0 amide bonds. The fourth-order valence-corrected chi connectivity index (χ4v) is 3.94. The van der Waals surface area contributed by atoms with E-state index in [1.54, 1.807) is 36.0 Å². The summed E-state index contributed by atoms with van der Waals surface area (Å²) in [6.45, 7) is 0. The van der Waals surface area contributed by atoms with E-state index >= 15 is 0 Å². The molecule has 144 valence electrons. The molecule has 0 N–H and O–H groups in total. The van der Waals surface area contributed by atoms with Gasteiger partial charge in [-0.15, -0.1) is 10.2 Å². The zero-order chi connectivity index (χ0) is 20.2. The summed E-state index contributed by atoms with van der Waals surface area (Å²) in [7, 11) is 1.37. The van der Waals surface area contributed by atoms with E-state index in [0.717, 1.165) is 32.6 Å². The summed E-state index contributed by atoms with van der Waals surface area (Å²) < 4.78 is 18.0. The minimum atomic E-state index is -0.350. The van der Waals surface area contributed by atoms with E-state index in [1.165, 1.54) is 19.2 Å². The number of aromatic nitrogens is 2. The maximum Gasteiger partial charge on any atom is 0.337 e. The first kappa shape index (κ1) is 19.1. The van der Waals surface area contributed by atoms with Crippen molar-refractivity contribution in [1.29, 1.82) is 0 Å². The third-order valence-electron chi connectivity index (χ3n) is 4.52. The van der Waals surface area contributed by atoms with Crippen LogP contribution >= 0.6 is 11.8 Å². The number of ether oxygens (including phenoxy) is 1. The van der Waals surface area contributed by atoms with E-state index in [9.17, 15) is 9.18 Å². The van der Waals surface area contributed by atoms with Crippen molar-refractivity contribution in [3.05, 3.63) is 89.7 Å². The van der Waals surface area contributed by atoms with Crippen LogP contribution in [0, 0.1) is 5.82 Å². The van der Waals surface area contributed by atoms with Gasteiger partial charge in [0.1, 0.15) is 16.5 Å². The fraction of sp³-hybridized carbons (Fsp3) is 0.0870. The van der Waals surface area contributed by atoms with Crippen molar-refractivity contribution in [3.8, 4) is 11.3 Å². The van der Waals surface area contributed by atoms with Gasteiger partial charge in [0.05, 0.1) is 12.7 Å². The van der Waals surface area contributed by atoms with Crippen LogP contribution in [0.4, 0.5) is 4.39 Å². The molecule has 0 unspecified atom stereocenters. The van der Waals surface area contributed by atoms with Crippen molar-refractivity contribution in [2.45, 2.75) is 10.8 Å². The van der Waals surface area contributed by atoms with Crippen LogP contribution in [0.1, 0.15) is 15.9 Å². The largest absolute Gasteiger partial charge is 0.465 e. The Bertz CT molecular complexity index is 1160. The maximum atomic E-state index is 13.3. The first-order valence-corrected chi connectivity index (χ1v) is 9.95. The highest BCUT2D eigenvalue weighted by atomic mass is 32.2. The van der Waals surface area contributed by atoms with Crippen molar-refractivity contribution in [2.24, 2.45) is 0 Å². The van der Waals surface area contributed by atoms with Crippen LogP contribution in [0.25, 0.3) is 22.0 Å². The van der Waals surface area contributed by atoms with Crippen LogP contribution in [0.5, 0.6) is 0 Å². The molecule has 3 aromatic carbocycles. The number of halogens is 1. The zero-order valence-corrected chi connectivity index (χ0v) is 16.4. The molecule has 1 heterocycles. The summed E-state index contributed by atoms with van der Waals surface area (Å²) in [5, 5.41) is 11.6. The Balaban J connectivity index is 1.61. The average Bonchev–Trinajstić information content (AvgIpc) is 2.78. The average molecular weight is 404 g/mol. The third-order valence-corrected chi connectivity index (χ3v) is 5.57. The smallest absolute Gasteiger partial charge is 0.337 e. The summed E-state index contributed by atoms with van der Waals surface area (Å²) in [5.74, 6) is 0.0598. The van der Waals surface area contributed by atoms with Gasteiger partial charge in [-0.25, -0.2) is 9.18 Å². The molecule has 4 nitrogen and oxygen atoms in total. The molecule has 0 bridgehead atoms. The molecule has 0 fully saturated rings. The molecule has 4 aromatic rings.